The molecular formula is C19H28N4O2. The Balaban J connectivity index is 1.70. The zero-order valence-corrected chi connectivity index (χ0v) is 15.0. The second-order valence-corrected chi connectivity index (χ2v) is 7.23. The van der Waals surface area contributed by atoms with Crippen molar-refractivity contribution < 1.29 is 9.59 Å². The van der Waals surface area contributed by atoms with E-state index in [-0.39, 0.29) is 24.4 Å². The van der Waals surface area contributed by atoms with Crippen molar-refractivity contribution in [2.24, 2.45) is 5.73 Å². The molecule has 1 aromatic rings. The van der Waals surface area contributed by atoms with Crippen molar-refractivity contribution in [2.75, 3.05) is 37.6 Å². The van der Waals surface area contributed by atoms with Crippen molar-refractivity contribution in [2.45, 2.75) is 38.6 Å². The van der Waals surface area contributed by atoms with E-state index in [2.05, 4.69) is 22.3 Å². The Hall–Kier alpha value is -2.08. The molecule has 1 atom stereocenters. The molecule has 0 spiro atoms. The predicted molar refractivity (Wildman–Crippen MR) is 98.7 cm³/mol. The summed E-state index contributed by atoms with van der Waals surface area (Å²) < 4.78 is 0. The van der Waals surface area contributed by atoms with Gasteiger partial charge in [0.05, 0.1) is 12.1 Å². The molecule has 0 aromatic heterocycles. The maximum absolute atomic E-state index is 12.9. The first-order chi connectivity index (χ1) is 12.0. The van der Waals surface area contributed by atoms with Gasteiger partial charge in [-0.2, -0.15) is 0 Å². The van der Waals surface area contributed by atoms with Crippen molar-refractivity contribution in [1.82, 2.24) is 10.2 Å². The molecule has 3 N–H and O–H groups in total. The zero-order chi connectivity index (χ0) is 17.8. The third-order valence-corrected chi connectivity index (χ3v) is 5.06. The molecule has 0 aliphatic carbocycles. The Labute approximate surface area is 149 Å². The number of primary amides is 1. The van der Waals surface area contributed by atoms with Crippen molar-refractivity contribution in [3.63, 3.8) is 0 Å². The molecule has 6 nitrogen and oxygen atoms in total. The lowest BCUT2D eigenvalue weighted by molar-refractivity contribution is -0.119. The quantitative estimate of drug-likeness (QED) is 0.843. The van der Waals surface area contributed by atoms with Gasteiger partial charge in [0, 0.05) is 31.4 Å². The number of piperidine rings is 1. The monoisotopic (exact) mass is 344 g/mol. The lowest BCUT2D eigenvalue weighted by atomic mass is 10.0. The van der Waals surface area contributed by atoms with Crippen molar-refractivity contribution >= 4 is 17.5 Å². The van der Waals surface area contributed by atoms with E-state index in [1.54, 1.807) is 0 Å². The molecule has 2 amide bonds. The topological polar surface area (TPSA) is 78.7 Å². The van der Waals surface area contributed by atoms with Crippen LogP contribution in [0.25, 0.3) is 0 Å². The summed E-state index contributed by atoms with van der Waals surface area (Å²) in [4.78, 5) is 28.4. The van der Waals surface area contributed by atoms with Gasteiger partial charge >= 0.3 is 0 Å². The number of carbonyl (C=O) groups is 2. The number of amides is 2. The second kappa shape index (κ2) is 7.87. The molecule has 2 heterocycles. The van der Waals surface area contributed by atoms with Gasteiger partial charge in [-0.3, -0.25) is 14.5 Å². The van der Waals surface area contributed by atoms with Crippen LogP contribution in [-0.2, 0) is 4.79 Å². The minimum atomic E-state index is -0.318. The Bertz CT molecular complexity index is 640. The molecule has 25 heavy (non-hydrogen) atoms. The van der Waals surface area contributed by atoms with E-state index < -0.39 is 0 Å². The fraction of sp³-hybridized carbons (Fsp3) is 0.579. The minimum absolute atomic E-state index is 0.0171. The molecule has 0 saturated carbocycles. The van der Waals surface area contributed by atoms with Crippen LogP contribution in [0.4, 0.5) is 5.69 Å². The highest BCUT2D eigenvalue weighted by Gasteiger charge is 2.25. The van der Waals surface area contributed by atoms with Crippen LogP contribution in [0.2, 0.25) is 0 Å². The summed E-state index contributed by atoms with van der Waals surface area (Å²) in [6.45, 7) is 5.84. The van der Waals surface area contributed by atoms with Crippen LogP contribution in [-0.4, -0.2) is 55.5 Å². The molecule has 2 saturated heterocycles. The summed E-state index contributed by atoms with van der Waals surface area (Å²) in [5.74, 6) is -0.335. The van der Waals surface area contributed by atoms with E-state index in [1.165, 1.54) is 12.8 Å². The summed E-state index contributed by atoms with van der Waals surface area (Å²) in [5, 5.41) is 3.17. The van der Waals surface area contributed by atoms with Gasteiger partial charge in [-0.05, 0) is 51.3 Å². The molecule has 136 valence electrons. The third kappa shape index (κ3) is 4.51. The second-order valence-electron chi connectivity index (χ2n) is 7.23. The molecule has 2 aliphatic heterocycles. The summed E-state index contributed by atoms with van der Waals surface area (Å²) in [6, 6.07) is 6.18. The van der Waals surface area contributed by atoms with Gasteiger partial charge in [0.25, 0.3) is 5.91 Å². The fourth-order valence-electron chi connectivity index (χ4n) is 3.87. The Morgan fingerprint density at radius 2 is 1.96 bits per heavy atom. The summed E-state index contributed by atoms with van der Waals surface area (Å²) >= 11 is 0. The van der Waals surface area contributed by atoms with E-state index in [4.69, 9.17) is 5.73 Å². The molecule has 1 aromatic carbocycles. The SMILES string of the molecule is Cc1ccc(N2CCCC2)c(C(=O)NC2CCCN(CC(N)=O)C2)c1. The van der Waals surface area contributed by atoms with Crippen LogP contribution in [0.3, 0.4) is 0 Å². The van der Waals surface area contributed by atoms with Gasteiger partial charge in [-0.25, -0.2) is 0 Å². The van der Waals surface area contributed by atoms with Gasteiger partial charge in [0.15, 0.2) is 0 Å². The molecule has 3 rings (SSSR count). The molecule has 2 fully saturated rings. The fourth-order valence-corrected chi connectivity index (χ4v) is 3.87. The predicted octanol–water partition coefficient (Wildman–Crippen LogP) is 1.27. The summed E-state index contributed by atoms with van der Waals surface area (Å²) in [6.07, 6.45) is 4.26. The van der Waals surface area contributed by atoms with E-state index in [9.17, 15) is 9.59 Å². The lowest BCUT2D eigenvalue weighted by Crippen LogP contribution is -2.49. The highest BCUT2D eigenvalue weighted by Crippen LogP contribution is 2.26. The van der Waals surface area contributed by atoms with Crippen LogP contribution in [0.5, 0.6) is 0 Å². The number of likely N-dealkylation sites (tertiary alicyclic amines) is 1. The van der Waals surface area contributed by atoms with Gasteiger partial charge in [-0.15, -0.1) is 0 Å². The number of nitrogens with zero attached hydrogens (tertiary/aromatic N) is 2. The maximum Gasteiger partial charge on any atom is 0.253 e. The van der Waals surface area contributed by atoms with Crippen LogP contribution in [0, 0.1) is 6.92 Å². The number of benzene rings is 1. The number of nitrogens with two attached hydrogens (primary N) is 1. The number of rotatable bonds is 5. The largest absolute Gasteiger partial charge is 0.371 e. The Morgan fingerprint density at radius 1 is 1.20 bits per heavy atom. The van der Waals surface area contributed by atoms with Crippen LogP contribution in [0.1, 0.15) is 41.6 Å². The molecule has 2 aliphatic rings. The molecule has 1 unspecified atom stereocenters. The first-order valence-electron chi connectivity index (χ1n) is 9.20. The number of anilines is 1. The van der Waals surface area contributed by atoms with E-state index in [1.807, 2.05) is 17.9 Å². The Kier molecular flexibility index (Phi) is 5.58. The lowest BCUT2D eigenvalue weighted by Gasteiger charge is -2.32. The van der Waals surface area contributed by atoms with Crippen molar-refractivity contribution in [1.29, 1.82) is 0 Å². The number of hydrogen-bond donors (Lipinski definition) is 2. The molecular weight excluding hydrogens is 316 g/mol. The zero-order valence-electron chi connectivity index (χ0n) is 15.0. The number of nitrogens with one attached hydrogen (secondary N) is 1. The minimum Gasteiger partial charge on any atom is -0.371 e. The summed E-state index contributed by atoms with van der Waals surface area (Å²) in [7, 11) is 0. The first kappa shape index (κ1) is 17.7. The van der Waals surface area contributed by atoms with Gasteiger partial charge < -0.3 is 16.0 Å². The van der Waals surface area contributed by atoms with Crippen molar-refractivity contribution in [3.8, 4) is 0 Å². The van der Waals surface area contributed by atoms with Crippen LogP contribution >= 0.6 is 0 Å². The highest BCUT2D eigenvalue weighted by molar-refractivity contribution is 6.00. The third-order valence-electron chi connectivity index (χ3n) is 5.06. The van der Waals surface area contributed by atoms with E-state index in [0.29, 0.717) is 6.54 Å². The van der Waals surface area contributed by atoms with Gasteiger partial charge in [0.2, 0.25) is 5.91 Å². The number of hydrogen-bond acceptors (Lipinski definition) is 4. The molecule has 0 bridgehead atoms. The molecule has 6 heteroatoms. The first-order valence-corrected chi connectivity index (χ1v) is 9.20. The van der Waals surface area contributed by atoms with Crippen molar-refractivity contribution in [3.05, 3.63) is 29.3 Å². The number of carbonyl (C=O) groups excluding carboxylic acids is 2. The maximum atomic E-state index is 12.9. The summed E-state index contributed by atoms with van der Waals surface area (Å²) in [5.41, 5.74) is 8.17. The van der Waals surface area contributed by atoms with Crippen LogP contribution < -0.4 is 16.0 Å². The van der Waals surface area contributed by atoms with E-state index in [0.717, 1.165) is 49.3 Å². The average Bonchev–Trinajstić information content (AvgIpc) is 3.08. The van der Waals surface area contributed by atoms with E-state index >= 15 is 0 Å². The standard InChI is InChI=1S/C19H28N4O2/c1-14-6-7-17(23-9-2-3-10-23)16(11-14)19(25)21-15-5-4-8-22(12-15)13-18(20)24/h6-7,11,15H,2-5,8-10,12-13H2,1H3,(H2,20,24)(H,21,25). The van der Waals surface area contributed by atoms with Gasteiger partial charge in [0.1, 0.15) is 0 Å². The number of aryl methyl sites for hydroxylation is 1. The smallest absolute Gasteiger partial charge is 0.253 e. The van der Waals surface area contributed by atoms with Gasteiger partial charge in [-0.1, -0.05) is 11.6 Å². The highest BCUT2D eigenvalue weighted by atomic mass is 16.2. The normalized spacial score (nSPS) is 21.3. The van der Waals surface area contributed by atoms with Crippen LogP contribution in [0.15, 0.2) is 18.2 Å². The average molecular weight is 344 g/mol. The molecule has 0 radical (unpaired) electrons. The Morgan fingerprint density at radius 3 is 2.68 bits per heavy atom.